The van der Waals surface area contributed by atoms with E-state index in [1.807, 2.05) is 6.08 Å². The average Bonchev–Trinajstić information content (AvgIpc) is 3.15. The summed E-state index contributed by atoms with van der Waals surface area (Å²) in [6.07, 6.45) is -3.26. The molecule has 0 amide bonds. The number of allylic oxidation sites excluding steroid dienone is 4. The second kappa shape index (κ2) is 8.15. The minimum absolute atomic E-state index is 0.0241. The van der Waals surface area contributed by atoms with Crippen LogP contribution in [0.25, 0.3) is 0 Å². The molecule has 28 heavy (non-hydrogen) atoms. The van der Waals surface area contributed by atoms with Crippen LogP contribution >= 0.6 is 0 Å². The summed E-state index contributed by atoms with van der Waals surface area (Å²) in [5.41, 5.74) is -1.74. The van der Waals surface area contributed by atoms with Gasteiger partial charge in [-0.1, -0.05) is 0 Å². The van der Waals surface area contributed by atoms with E-state index in [9.17, 15) is 26.3 Å². The summed E-state index contributed by atoms with van der Waals surface area (Å²) in [7, 11) is 0. The van der Waals surface area contributed by atoms with Gasteiger partial charge in [0, 0.05) is 0 Å². The van der Waals surface area contributed by atoms with E-state index in [0.717, 1.165) is 27.5 Å². The summed E-state index contributed by atoms with van der Waals surface area (Å²) in [6, 6.07) is 8.72. The van der Waals surface area contributed by atoms with Gasteiger partial charge in [0.25, 0.3) is 0 Å². The molecule has 1 aliphatic carbocycles. The molecule has 0 radical (unpaired) electrons. The maximum absolute atomic E-state index is 12.9. The molecule has 0 bridgehead atoms. The first-order chi connectivity index (χ1) is 13.1. The Bertz CT molecular complexity index is 842. The zero-order valence-corrected chi connectivity index (χ0v) is 16.6. The van der Waals surface area contributed by atoms with Crippen LogP contribution in [0.5, 0.6) is 11.5 Å². The van der Waals surface area contributed by atoms with Gasteiger partial charge in [0.15, 0.2) is 0 Å². The standard InChI is InChI=1S/2C7H5F3O.C5H5.Zr/c2*8-7(9,10)5-2-1-3-6(11)4-5;1-2-4-5-3-1;/h2*1-4,11H;1-3H,4H2;/q;;;+2/p-2. The van der Waals surface area contributed by atoms with Crippen LogP contribution in [0.15, 0.2) is 70.0 Å². The van der Waals surface area contributed by atoms with Gasteiger partial charge in [-0.2, -0.15) is 0 Å². The molecule has 147 valence electrons. The van der Waals surface area contributed by atoms with Crippen molar-refractivity contribution in [1.82, 2.24) is 0 Å². The molecule has 0 spiro atoms. The van der Waals surface area contributed by atoms with E-state index in [1.165, 1.54) is 24.3 Å². The van der Waals surface area contributed by atoms with Gasteiger partial charge in [-0.05, 0) is 0 Å². The van der Waals surface area contributed by atoms with Crippen LogP contribution in [0, 0.1) is 0 Å². The second-order valence-corrected chi connectivity index (χ2v) is 9.86. The van der Waals surface area contributed by atoms with Crippen molar-refractivity contribution in [3.63, 3.8) is 0 Å². The third-order valence-electron chi connectivity index (χ3n) is 3.78. The fourth-order valence-electron chi connectivity index (χ4n) is 2.44. The van der Waals surface area contributed by atoms with Gasteiger partial charge in [0.1, 0.15) is 0 Å². The van der Waals surface area contributed by atoms with Crippen LogP contribution in [0.1, 0.15) is 17.5 Å². The molecule has 0 fully saturated rings. The fraction of sp³-hybridized carbons (Fsp3) is 0.158. The van der Waals surface area contributed by atoms with Crippen LogP contribution in [-0.2, 0) is 35.0 Å². The van der Waals surface area contributed by atoms with E-state index in [1.54, 1.807) is 12.2 Å². The summed E-state index contributed by atoms with van der Waals surface area (Å²) in [6.45, 7) is 0. The molecule has 2 aromatic rings. The van der Waals surface area contributed by atoms with Gasteiger partial charge in [-0.25, -0.2) is 0 Å². The molecule has 0 saturated carbocycles. The zero-order chi connectivity index (χ0) is 20.4. The van der Waals surface area contributed by atoms with E-state index in [4.69, 9.17) is 5.63 Å². The van der Waals surface area contributed by atoms with Crippen molar-refractivity contribution < 1.29 is 54.6 Å². The van der Waals surface area contributed by atoms with Crippen LogP contribution in [0.3, 0.4) is 0 Å². The van der Waals surface area contributed by atoms with Gasteiger partial charge in [-0.15, -0.1) is 0 Å². The summed E-state index contributed by atoms with van der Waals surface area (Å²) in [5.74, 6) is -0.0481. The third kappa shape index (κ3) is 5.28. The first-order valence-electron chi connectivity index (χ1n) is 8.06. The number of hydrogen-bond donors (Lipinski definition) is 0. The molecule has 1 aliphatic rings. The SMILES string of the molecule is FC(F)(F)c1cccc([O][Zr]([O]c2cccc(C(F)(F)F)c2)[C]2=CC=CC2)c1. The topological polar surface area (TPSA) is 18.5 Å². The molecule has 2 nitrogen and oxygen atoms in total. The first-order valence-corrected chi connectivity index (χ1v) is 11.3. The number of benzene rings is 2. The molecule has 0 saturated heterocycles. The predicted molar refractivity (Wildman–Crippen MR) is 86.0 cm³/mol. The fourth-order valence-corrected chi connectivity index (χ4v) is 6.13. The third-order valence-corrected chi connectivity index (χ3v) is 8.05. The molecule has 9 heteroatoms. The molecule has 0 aliphatic heterocycles. The summed E-state index contributed by atoms with van der Waals surface area (Å²) in [4.78, 5) is 0. The Morgan fingerprint density at radius 1 is 0.750 bits per heavy atom. The van der Waals surface area contributed by atoms with Crippen molar-refractivity contribution in [3.8, 4) is 11.5 Å². The Morgan fingerprint density at radius 3 is 1.64 bits per heavy atom. The zero-order valence-electron chi connectivity index (χ0n) is 14.1. The molecule has 0 atom stereocenters. The normalized spacial score (nSPS) is 14.0. The quantitative estimate of drug-likeness (QED) is 0.459. The van der Waals surface area contributed by atoms with Crippen molar-refractivity contribution in [1.29, 1.82) is 0 Å². The van der Waals surface area contributed by atoms with Crippen LogP contribution in [0.4, 0.5) is 26.3 Å². The van der Waals surface area contributed by atoms with Crippen molar-refractivity contribution in [2.75, 3.05) is 0 Å². The van der Waals surface area contributed by atoms with Gasteiger partial charge in [0.2, 0.25) is 0 Å². The Balaban J connectivity index is 1.85. The number of hydrogen-bond acceptors (Lipinski definition) is 2. The Morgan fingerprint density at radius 2 is 1.25 bits per heavy atom. The summed E-state index contributed by atoms with van der Waals surface area (Å²) < 4.78 is 89.7. The second-order valence-electron chi connectivity index (χ2n) is 5.87. The minimum atomic E-state index is -4.53. The number of halogens is 6. The van der Waals surface area contributed by atoms with Crippen molar-refractivity contribution in [2.45, 2.75) is 18.8 Å². The molecule has 2 aromatic carbocycles. The Hall–Kier alpha value is -2.02. The van der Waals surface area contributed by atoms with Gasteiger partial charge in [0.05, 0.1) is 0 Å². The van der Waals surface area contributed by atoms with Gasteiger partial charge >= 0.3 is 166 Å². The number of alkyl halides is 6. The van der Waals surface area contributed by atoms with Crippen molar-refractivity contribution in [2.24, 2.45) is 0 Å². The van der Waals surface area contributed by atoms with E-state index < -0.39 is 46.1 Å². The van der Waals surface area contributed by atoms with Crippen molar-refractivity contribution in [3.05, 3.63) is 81.2 Å². The summed E-state index contributed by atoms with van der Waals surface area (Å²) >= 11 is -3.51. The van der Waals surface area contributed by atoms with Gasteiger partial charge < -0.3 is 0 Å². The first kappa shape index (κ1) is 20.7. The van der Waals surface area contributed by atoms with Crippen LogP contribution in [-0.4, -0.2) is 0 Å². The average molecular weight is 479 g/mol. The Labute approximate surface area is 166 Å². The van der Waals surface area contributed by atoms with Crippen LogP contribution < -0.4 is 5.63 Å². The molecule has 0 unspecified atom stereocenters. The van der Waals surface area contributed by atoms with E-state index in [2.05, 4.69) is 0 Å². The maximum atomic E-state index is 12.9. The predicted octanol–water partition coefficient (Wildman–Crippen LogP) is 6.47. The van der Waals surface area contributed by atoms with Crippen molar-refractivity contribution >= 4 is 0 Å². The molecule has 3 rings (SSSR count). The summed E-state index contributed by atoms with van der Waals surface area (Å²) in [5, 5.41) is 0. The molecule has 0 N–H and O–H groups in total. The molecule has 0 aromatic heterocycles. The monoisotopic (exact) mass is 477 g/mol. The number of rotatable bonds is 5. The molecular weight excluding hydrogens is 465 g/mol. The molecular formula is C19H13F6O2Zr. The Kier molecular flexibility index (Phi) is 6.03. The van der Waals surface area contributed by atoms with E-state index in [-0.39, 0.29) is 11.5 Å². The van der Waals surface area contributed by atoms with E-state index >= 15 is 0 Å². The van der Waals surface area contributed by atoms with E-state index in [0.29, 0.717) is 6.42 Å². The van der Waals surface area contributed by atoms with Crippen LogP contribution in [0.2, 0.25) is 0 Å². The van der Waals surface area contributed by atoms with Gasteiger partial charge in [-0.3, -0.25) is 0 Å². The molecule has 0 heterocycles.